The number of hydrogen-bond acceptors (Lipinski definition) is 3. The predicted octanol–water partition coefficient (Wildman–Crippen LogP) is 1.82. The maximum Gasteiger partial charge on any atom is 0.0466 e. The molecule has 0 amide bonds. The molecule has 1 N–H and O–H groups in total. The summed E-state index contributed by atoms with van der Waals surface area (Å²) < 4.78 is 10.2. The molecule has 0 atom stereocenters. The van der Waals surface area contributed by atoms with E-state index in [1.807, 2.05) is 6.92 Å². The Bertz CT molecular complexity index is 87.3. The van der Waals surface area contributed by atoms with Crippen LogP contribution in [0.1, 0.15) is 32.6 Å². The molecule has 0 bridgehead atoms. The molecule has 0 fully saturated rings. The summed E-state index contributed by atoms with van der Waals surface area (Å²) in [5.41, 5.74) is 0. The SMILES string of the molecule is CCOCCCCNCCCCOC. The van der Waals surface area contributed by atoms with Gasteiger partial charge in [-0.05, 0) is 45.7 Å². The van der Waals surface area contributed by atoms with E-state index in [1.54, 1.807) is 7.11 Å². The van der Waals surface area contributed by atoms with E-state index in [0.717, 1.165) is 39.3 Å². The van der Waals surface area contributed by atoms with E-state index < -0.39 is 0 Å². The van der Waals surface area contributed by atoms with Gasteiger partial charge in [-0.3, -0.25) is 0 Å². The number of methoxy groups -OCH3 is 1. The number of rotatable bonds is 11. The lowest BCUT2D eigenvalue weighted by molar-refractivity contribution is 0.143. The van der Waals surface area contributed by atoms with Gasteiger partial charge in [0.15, 0.2) is 0 Å². The Hall–Kier alpha value is -0.120. The molecule has 0 aliphatic carbocycles. The minimum atomic E-state index is 0.838. The Morgan fingerprint density at radius 1 is 0.929 bits per heavy atom. The second-order valence-electron chi connectivity index (χ2n) is 3.35. The van der Waals surface area contributed by atoms with Crippen molar-refractivity contribution in [3.05, 3.63) is 0 Å². The average molecular weight is 203 g/mol. The molecule has 0 saturated carbocycles. The van der Waals surface area contributed by atoms with Crippen molar-refractivity contribution < 1.29 is 9.47 Å². The van der Waals surface area contributed by atoms with Gasteiger partial charge >= 0.3 is 0 Å². The molecule has 0 aliphatic rings. The van der Waals surface area contributed by atoms with Crippen LogP contribution < -0.4 is 5.32 Å². The monoisotopic (exact) mass is 203 g/mol. The molecule has 0 aromatic rings. The minimum absolute atomic E-state index is 0.838. The van der Waals surface area contributed by atoms with Crippen LogP contribution in [-0.4, -0.2) is 40.0 Å². The second kappa shape index (κ2) is 12.9. The summed E-state index contributed by atoms with van der Waals surface area (Å²) in [5, 5.41) is 3.41. The highest BCUT2D eigenvalue weighted by Crippen LogP contribution is 1.90. The predicted molar refractivity (Wildman–Crippen MR) is 59.7 cm³/mol. The van der Waals surface area contributed by atoms with Crippen LogP contribution in [0.3, 0.4) is 0 Å². The van der Waals surface area contributed by atoms with Gasteiger partial charge in [0.25, 0.3) is 0 Å². The first kappa shape index (κ1) is 13.9. The van der Waals surface area contributed by atoms with Gasteiger partial charge in [-0.25, -0.2) is 0 Å². The Balaban J connectivity index is 2.78. The Labute approximate surface area is 88.2 Å². The third kappa shape index (κ3) is 11.9. The van der Waals surface area contributed by atoms with Crippen LogP contribution in [0.5, 0.6) is 0 Å². The molecule has 0 aliphatic heterocycles. The second-order valence-corrected chi connectivity index (χ2v) is 3.35. The molecule has 0 aromatic carbocycles. The lowest BCUT2D eigenvalue weighted by atomic mass is 10.3. The van der Waals surface area contributed by atoms with E-state index in [4.69, 9.17) is 9.47 Å². The highest BCUT2D eigenvalue weighted by atomic mass is 16.5. The molecule has 0 heterocycles. The summed E-state index contributed by atoms with van der Waals surface area (Å²) in [6.45, 7) is 6.88. The van der Waals surface area contributed by atoms with Gasteiger partial charge in [0.2, 0.25) is 0 Å². The van der Waals surface area contributed by atoms with E-state index >= 15 is 0 Å². The smallest absolute Gasteiger partial charge is 0.0466 e. The Morgan fingerprint density at radius 2 is 1.57 bits per heavy atom. The van der Waals surface area contributed by atoms with Crippen LogP contribution >= 0.6 is 0 Å². The maximum atomic E-state index is 5.25. The summed E-state index contributed by atoms with van der Waals surface area (Å²) >= 11 is 0. The van der Waals surface area contributed by atoms with Crippen LogP contribution in [0, 0.1) is 0 Å². The summed E-state index contributed by atoms with van der Waals surface area (Å²) in [6.07, 6.45) is 4.74. The van der Waals surface area contributed by atoms with Crippen molar-refractivity contribution in [3.8, 4) is 0 Å². The molecule has 0 saturated heterocycles. The first-order chi connectivity index (χ1) is 6.91. The third-order valence-corrected chi connectivity index (χ3v) is 2.05. The zero-order valence-electron chi connectivity index (χ0n) is 9.68. The topological polar surface area (TPSA) is 30.5 Å². The molecule has 0 spiro atoms. The molecular formula is C11H25NO2. The van der Waals surface area contributed by atoms with Crippen LogP contribution in [0.2, 0.25) is 0 Å². The summed E-state index contributed by atoms with van der Waals surface area (Å²) in [5.74, 6) is 0. The lowest BCUT2D eigenvalue weighted by Crippen LogP contribution is -2.17. The fourth-order valence-electron chi connectivity index (χ4n) is 1.22. The average Bonchev–Trinajstić information content (AvgIpc) is 2.21. The van der Waals surface area contributed by atoms with E-state index in [0.29, 0.717) is 0 Å². The van der Waals surface area contributed by atoms with E-state index in [2.05, 4.69) is 5.32 Å². The van der Waals surface area contributed by atoms with Crippen molar-refractivity contribution in [2.24, 2.45) is 0 Å². The molecule has 14 heavy (non-hydrogen) atoms. The number of nitrogens with one attached hydrogen (secondary N) is 1. The van der Waals surface area contributed by atoms with Crippen LogP contribution in [-0.2, 0) is 9.47 Å². The van der Waals surface area contributed by atoms with Gasteiger partial charge < -0.3 is 14.8 Å². The van der Waals surface area contributed by atoms with Gasteiger partial charge in [0.1, 0.15) is 0 Å². The van der Waals surface area contributed by atoms with Gasteiger partial charge in [-0.2, -0.15) is 0 Å². The Kier molecular flexibility index (Phi) is 12.8. The van der Waals surface area contributed by atoms with Crippen LogP contribution in [0.4, 0.5) is 0 Å². The first-order valence-corrected chi connectivity index (χ1v) is 5.69. The fourth-order valence-corrected chi connectivity index (χ4v) is 1.22. The number of unbranched alkanes of at least 4 members (excludes halogenated alkanes) is 2. The minimum Gasteiger partial charge on any atom is -0.385 e. The third-order valence-electron chi connectivity index (χ3n) is 2.05. The molecule has 0 radical (unpaired) electrons. The van der Waals surface area contributed by atoms with Crippen molar-refractivity contribution in [3.63, 3.8) is 0 Å². The number of ether oxygens (including phenoxy) is 2. The lowest BCUT2D eigenvalue weighted by Gasteiger charge is -2.04. The highest BCUT2D eigenvalue weighted by Gasteiger charge is 1.90. The van der Waals surface area contributed by atoms with Gasteiger partial charge in [0, 0.05) is 26.9 Å². The van der Waals surface area contributed by atoms with Crippen molar-refractivity contribution in [1.29, 1.82) is 0 Å². The van der Waals surface area contributed by atoms with Crippen molar-refractivity contribution in [2.75, 3.05) is 40.0 Å². The van der Waals surface area contributed by atoms with Gasteiger partial charge in [-0.15, -0.1) is 0 Å². The summed E-state index contributed by atoms with van der Waals surface area (Å²) in [7, 11) is 1.75. The number of hydrogen-bond donors (Lipinski definition) is 1. The Morgan fingerprint density at radius 3 is 2.14 bits per heavy atom. The standard InChI is InChI=1S/C11H25NO2/c1-3-14-11-7-5-9-12-8-4-6-10-13-2/h12H,3-11H2,1-2H3. The largest absolute Gasteiger partial charge is 0.385 e. The summed E-state index contributed by atoms with van der Waals surface area (Å²) in [4.78, 5) is 0. The molecule has 86 valence electrons. The van der Waals surface area contributed by atoms with Crippen LogP contribution in [0.25, 0.3) is 0 Å². The van der Waals surface area contributed by atoms with Crippen molar-refractivity contribution in [2.45, 2.75) is 32.6 Å². The molecule has 0 unspecified atom stereocenters. The highest BCUT2D eigenvalue weighted by molar-refractivity contribution is 4.49. The van der Waals surface area contributed by atoms with Crippen molar-refractivity contribution in [1.82, 2.24) is 5.32 Å². The molecule has 3 heteroatoms. The normalized spacial score (nSPS) is 10.7. The van der Waals surface area contributed by atoms with E-state index in [-0.39, 0.29) is 0 Å². The van der Waals surface area contributed by atoms with Gasteiger partial charge in [-0.1, -0.05) is 0 Å². The zero-order chi connectivity index (χ0) is 10.5. The quantitative estimate of drug-likeness (QED) is 0.520. The van der Waals surface area contributed by atoms with Gasteiger partial charge in [0.05, 0.1) is 0 Å². The van der Waals surface area contributed by atoms with E-state index in [9.17, 15) is 0 Å². The molecular weight excluding hydrogens is 178 g/mol. The van der Waals surface area contributed by atoms with Crippen molar-refractivity contribution >= 4 is 0 Å². The van der Waals surface area contributed by atoms with E-state index in [1.165, 1.54) is 19.3 Å². The maximum absolute atomic E-state index is 5.25. The van der Waals surface area contributed by atoms with Crippen LogP contribution in [0.15, 0.2) is 0 Å². The fraction of sp³-hybridized carbons (Fsp3) is 1.00. The summed E-state index contributed by atoms with van der Waals surface area (Å²) in [6, 6.07) is 0. The zero-order valence-corrected chi connectivity index (χ0v) is 9.68. The molecule has 0 rings (SSSR count). The molecule has 0 aromatic heterocycles. The molecule has 3 nitrogen and oxygen atoms in total. The first-order valence-electron chi connectivity index (χ1n) is 5.69.